The number of carbonyl (C=O) groups excluding carboxylic acids is 3. The zero-order chi connectivity index (χ0) is 38.2. The molecule has 0 heterocycles. The number of ketones is 3. The number of hydrogen-bond acceptors (Lipinski definition) is 7. The Bertz CT molecular complexity index is 1280. The van der Waals surface area contributed by atoms with E-state index in [1.165, 1.54) is 0 Å². The second-order valence-corrected chi connectivity index (χ2v) is 8.93. The average Bonchev–Trinajstić information content (AvgIpc) is 2.97. The van der Waals surface area contributed by atoms with E-state index in [1.807, 2.05) is 0 Å². The van der Waals surface area contributed by atoms with Gasteiger partial charge in [0.05, 0.1) is 13.2 Å². The molecule has 0 aliphatic heterocycles. The molecule has 24 heteroatoms. The molecule has 0 saturated heterocycles. The number of halogens is 17. The van der Waals surface area contributed by atoms with E-state index in [0.29, 0.717) is 0 Å². The second kappa shape index (κ2) is 13.2. The molecule has 0 spiro atoms. The third-order valence-corrected chi connectivity index (χ3v) is 6.34. The molecule has 7 nitrogen and oxygen atoms in total. The first-order valence-electron chi connectivity index (χ1n) is 11.2. The van der Waals surface area contributed by atoms with Gasteiger partial charge in [0.25, 0.3) is 0 Å². The summed E-state index contributed by atoms with van der Waals surface area (Å²) in [6, 6.07) is -4.34. The van der Waals surface area contributed by atoms with Crippen LogP contribution < -0.4 is 0 Å². The fourth-order valence-corrected chi connectivity index (χ4v) is 3.53. The summed E-state index contributed by atoms with van der Waals surface area (Å²) in [5, 5.41) is 29.9. The Morgan fingerprint density at radius 2 is 0.957 bits per heavy atom. The van der Waals surface area contributed by atoms with Crippen LogP contribution in [0, 0.1) is 5.41 Å². The molecule has 0 rings (SSSR count). The molecule has 0 aliphatic rings. The maximum atomic E-state index is 14.8. The molecule has 0 bridgehead atoms. The zero-order valence-electron chi connectivity index (χ0n) is 22.2. The average molecular weight is 728 g/mol. The molecule has 0 aromatic rings. The van der Waals surface area contributed by atoms with E-state index in [9.17, 15) is 104 Å². The lowest BCUT2D eigenvalue weighted by Gasteiger charge is -2.46. The molecule has 3 N–H and O–H groups in total. The Morgan fingerprint density at radius 3 is 1.26 bits per heavy atom. The number of rotatable bonds is 18. The minimum absolute atomic E-state index is 0.0636. The first-order chi connectivity index (χ1) is 20.8. The normalized spacial score (nSPS) is 15.7. The van der Waals surface area contributed by atoms with Crippen molar-refractivity contribution in [3.8, 4) is 0 Å². The number of ether oxygens (including phenoxy) is 1. The molecule has 0 fully saturated rings. The lowest BCUT2D eigenvalue weighted by Crippen LogP contribution is -2.72. The fourth-order valence-electron chi connectivity index (χ4n) is 3.53. The van der Waals surface area contributed by atoms with Gasteiger partial charge in [0, 0.05) is 0 Å². The van der Waals surface area contributed by atoms with Gasteiger partial charge in [0.15, 0.2) is 5.78 Å². The van der Waals surface area contributed by atoms with Crippen LogP contribution in [0.15, 0.2) is 49.8 Å². The summed E-state index contributed by atoms with van der Waals surface area (Å²) in [4.78, 5) is 37.4. The highest BCUT2D eigenvalue weighted by Crippen LogP contribution is 2.63. The van der Waals surface area contributed by atoms with E-state index in [-0.39, 0.29) is 18.2 Å². The second-order valence-electron chi connectivity index (χ2n) is 8.93. The predicted molar refractivity (Wildman–Crippen MR) is 117 cm³/mol. The number of carbonyl (C=O) groups is 3. The predicted octanol–water partition coefficient (Wildman–Crippen LogP) is 4.82. The third-order valence-electron chi connectivity index (χ3n) is 6.34. The van der Waals surface area contributed by atoms with Gasteiger partial charge in [-0.3, -0.25) is 14.4 Å². The maximum Gasteiger partial charge on any atom is 0.460 e. The Balaban J connectivity index is 7.88. The lowest BCUT2D eigenvalue weighted by atomic mass is 9.63. The zero-order valence-corrected chi connectivity index (χ0v) is 22.2. The molecule has 0 amide bonds. The van der Waals surface area contributed by atoms with Crippen molar-refractivity contribution in [3.63, 3.8) is 0 Å². The van der Waals surface area contributed by atoms with Crippen molar-refractivity contribution in [2.75, 3.05) is 13.2 Å². The van der Waals surface area contributed by atoms with Crippen LogP contribution in [0.25, 0.3) is 0 Å². The van der Waals surface area contributed by atoms with Gasteiger partial charge < -0.3 is 20.1 Å². The summed E-state index contributed by atoms with van der Waals surface area (Å²) < 4.78 is 235. The minimum Gasteiger partial charge on any atom is -0.444 e. The Morgan fingerprint density at radius 1 is 0.617 bits per heavy atom. The standard InChI is InChI=1S/C23H17F17O7/c1-4-9(43)13(46)15(7-41,8-42)16(10(44)5-2,11(45)6-3)47-14(25)12(24)17(26,27)18(28,29)19(30,31)20(32,33)21(34,35)22(36,37)23(38,39)40/h4-6,13,41-42,46H,1-3,7-8H2. The van der Waals surface area contributed by atoms with Crippen molar-refractivity contribution in [2.45, 2.75) is 53.4 Å². The van der Waals surface area contributed by atoms with E-state index in [1.54, 1.807) is 0 Å². The highest BCUT2D eigenvalue weighted by atomic mass is 19.4. The molecule has 0 aliphatic carbocycles. The fraction of sp³-hybridized carbons (Fsp3) is 0.522. The van der Waals surface area contributed by atoms with Crippen LogP contribution in [0.1, 0.15) is 0 Å². The number of alkyl halides is 15. The summed E-state index contributed by atoms with van der Waals surface area (Å²) in [6.45, 7) is 3.56. The van der Waals surface area contributed by atoms with E-state index in [0.717, 1.165) is 0 Å². The van der Waals surface area contributed by atoms with E-state index in [4.69, 9.17) is 0 Å². The molecule has 270 valence electrons. The highest BCUT2D eigenvalue weighted by Gasteiger charge is 2.94. The van der Waals surface area contributed by atoms with E-state index in [2.05, 4.69) is 24.5 Å². The van der Waals surface area contributed by atoms with Crippen LogP contribution in [0.2, 0.25) is 0 Å². The van der Waals surface area contributed by atoms with Crippen molar-refractivity contribution < 1.29 is 109 Å². The van der Waals surface area contributed by atoms with Gasteiger partial charge in [-0.05, 0) is 18.2 Å². The van der Waals surface area contributed by atoms with Gasteiger partial charge >= 0.3 is 47.7 Å². The highest BCUT2D eigenvalue weighted by molar-refractivity contribution is 6.20. The van der Waals surface area contributed by atoms with Gasteiger partial charge in [-0.2, -0.15) is 74.6 Å². The molecule has 47 heavy (non-hydrogen) atoms. The van der Waals surface area contributed by atoms with E-state index >= 15 is 0 Å². The molecular weight excluding hydrogens is 711 g/mol. The number of hydrogen-bond donors (Lipinski definition) is 3. The van der Waals surface area contributed by atoms with Crippen LogP contribution in [-0.4, -0.2) is 99.3 Å². The summed E-state index contributed by atoms with van der Waals surface area (Å²) >= 11 is 0. The quantitative estimate of drug-likeness (QED) is 0.0802. The van der Waals surface area contributed by atoms with Crippen molar-refractivity contribution in [2.24, 2.45) is 5.41 Å². The number of aliphatic hydroxyl groups excluding tert-OH is 3. The van der Waals surface area contributed by atoms with Crippen molar-refractivity contribution in [1.29, 1.82) is 0 Å². The lowest BCUT2D eigenvalue weighted by molar-refractivity contribution is -0.451. The van der Waals surface area contributed by atoms with Crippen molar-refractivity contribution >= 4 is 17.3 Å². The maximum absolute atomic E-state index is 14.8. The molecular formula is C23H17F17O7. The molecule has 0 radical (unpaired) electrons. The monoisotopic (exact) mass is 728 g/mol. The van der Waals surface area contributed by atoms with Crippen molar-refractivity contribution in [1.82, 2.24) is 0 Å². The summed E-state index contributed by atoms with van der Waals surface area (Å²) in [7, 11) is 0. The van der Waals surface area contributed by atoms with Crippen LogP contribution in [0.3, 0.4) is 0 Å². The minimum atomic E-state index is -8.91. The summed E-state index contributed by atoms with van der Waals surface area (Å²) in [6.07, 6.45) is -11.8. The number of allylic oxidation sites excluding steroid dienone is 1. The molecule has 0 aromatic heterocycles. The largest absolute Gasteiger partial charge is 0.460 e. The van der Waals surface area contributed by atoms with Gasteiger partial charge in [-0.25, -0.2) is 0 Å². The van der Waals surface area contributed by atoms with Gasteiger partial charge in [-0.15, -0.1) is 0 Å². The Labute approximate surface area is 249 Å². The Hall–Kier alpha value is -3.54. The van der Waals surface area contributed by atoms with Gasteiger partial charge in [0.1, 0.15) is 11.5 Å². The first kappa shape index (κ1) is 43.5. The van der Waals surface area contributed by atoms with Crippen molar-refractivity contribution in [3.05, 3.63) is 49.8 Å². The molecule has 0 saturated carbocycles. The van der Waals surface area contributed by atoms with Crippen LogP contribution >= 0.6 is 0 Å². The number of aliphatic hydroxyl groups is 3. The van der Waals surface area contributed by atoms with Gasteiger partial charge in [-0.1, -0.05) is 19.7 Å². The summed E-state index contributed by atoms with van der Waals surface area (Å²) in [5.74, 6) is -63.6. The topological polar surface area (TPSA) is 121 Å². The smallest absolute Gasteiger partial charge is 0.444 e. The summed E-state index contributed by atoms with van der Waals surface area (Å²) in [5.41, 5.74) is -8.56. The van der Waals surface area contributed by atoms with Crippen LogP contribution in [0.5, 0.6) is 0 Å². The van der Waals surface area contributed by atoms with Crippen LogP contribution in [0.4, 0.5) is 74.6 Å². The van der Waals surface area contributed by atoms with E-state index < -0.39 is 101 Å². The van der Waals surface area contributed by atoms with Crippen LogP contribution in [-0.2, 0) is 19.1 Å². The Kier molecular flexibility index (Phi) is 12.2. The molecule has 1 unspecified atom stereocenters. The first-order valence-corrected chi connectivity index (χ1v) is 11.2. The SMILES string of the molecule is C=CC(=O)C(O)C(CO)(CO)C(OC(F)=C(F)C(F)(F)C(F)(F)C(F)(F)C(F)(F)C(F)(F)C(F)(F)C(F)(F)F)(C(=O)C=C)C(=O)C=C. The van der Waals surface area contributed by atoms with Gasteiger partial charge in [0.2, 0.25) is 23.0 Å². The third kappa shape index (κ3) is 5.91. The molecule has 0 aromatic carbocycles. The molecule has 1 atom stereocenters.